The molecule has 136 valence electrons. The number of rotatable bonds is 5. The van der Waals surface area contributed by atoms with Crippen LogP contribution in [0.5, 0.6) is 0 Å². The van der Waals surface area contributed by atoms with E-state index in [1.165, 1.54) is 0 Å². The van der Waals surface area contributed by atoms with E-state index in [0.717, 1.165) is 5.69 Å². The molecule has 0 aliphatic rings. The van der Waals surface area contributed by atoms with E-state index >= 15 is 0 Å². The number of tetrazole rings is 1. The largest absolute Gasteiger partial charge is 0.347 e. The molecule has 0 saturated heterocycles. The highest BCUT2D eigenvalue weighted by Gasteiger charge is 2.27. The van der Waals surface area contributed by atoms with Gasteiger partial charge in [0, 0.05) is 24.5 Å². The minimum Gasteiger partial charge on any atom is -0.347 e. The molecule has 1 N–H and O–H groups in total. The van der Waals surface area contributed by atoms with Crippen LogP contribution in [0.1, 0.15) is 37.0 Å². The Morgan fingerprint density at radius 3 is 2.73 bits per heavy atom. The molecule has 26 heavy (non-hydrogen) atoms. The second kappa shape index (κ2) is 7.07. The van der Waals surface area contributed by atoms with Gasteiger partial charge < -0.3 is 9.88 Å². The first-order valence-corrected chi connectivity index (χ1v) is 8.46. The number of imidazole rings is 1. The average molecular weight is 353 g/mol. The van der Waals surface area contributed by atoms with E-state index in [2.05, 4.69) is 46.6 Å². The first-order chi connectivity index (χ1) is 12.3. The summed E-state index contributed by atoms with van der Waals surface area (Å²) >= 11 is 0. The number of benzene rings is 1. The van der Waals surface area contributed by atoms with Crippen molar-refractivity contribution in [2.24, 2.45) is 5.41 Å². The maximum Gasteiger partial charge on any atom is 0.251 e. The minimum absolute atomic E-state index is 0.0531. The molecule has 8 nitrogen and oxygen atoms in total. The molecule has 3 aromatic rings. The predicted octanol–water partition coefficient (Wildman–Crippen LogP) is 2.01. The summed E-state index contributed by atoms with van der Waals surface area (Å²) in [5.74, 6) is 0.535. The molecule has 0 fully saturated rings. The van der Waals surface area contributed by atoms with Crippen LogP contribution in [0.4, 0.5) is 0 Å². The summed E-state index contributed by atoms with van der Waals surface area (Å²) in [7, 11) is 0. The number of hydrogen-bond acceptors (Lipinski definition) is 5. The van der Waals surface area contributed by atoms with Gasteiger partial charge in [-0.1, -0.05) is 26.8 Å². The van der Waals surface area contributed by atoms with Crippen molar-refractivity contribution in [1.82, 2.24) is 35.1 Å². The molecule has 8 heteroatoms. The third-order valence-electron chi connectivity index (χ3n) is 4.28. The number of aromatic nitrogens is 6. The summed E-state index contributed by atoms with van der Waals surface area (Å²) < 4.78 is 3.57. The normalized spacial score (nSPS) is 12.8. The monoisotopic (exact) mass is 353 g/mol. The first-order valence-electron chi connectivity index (χ1n) is 8.46. The Balaban J connectivity index is 1.80. The molecular formula is C18H23N7O. The Bertz CT molecular complexity index is 877. The van der Waals surface area contributed by atoms with Crippen LogP contribution in [0.2, 0.25) is 0 Å². The fourth-order valence-electron chi connectivity index (χ4n) is 2.63. The zero-order valence-electron chi connectivity index (χ0n) is 15.4. The van der Waals surface area contributed by atoms with Gasteiger partial charge in [0.1, 0.15) is 0 Å². The molecule has 1 amide bonds. The van der Waals surface area contributed by atoms with Crippen molar-refractivity contribution in [3.8, 4) is 5.69 Å². The average Bonchev–Trinajstić information content (AvgIpc) is 3.25. The fourth-order valence-corrected chi connectivity index (χ4v) is 2.63. The summed E-state index contributed by atoms with van der Waals surface area (Å²) in [5.41, 5.74) is 1.21. The van der Waals surface area contributed by atoms with Crippen molar-refractivity contribution in [2.75, 3.05) is 0 Å². The molecule has 0 aliphatic carbocycles. The van der Waals surface area contributed by atoms with Crippen molar-refractivity contribution < 1.29 is 4.79 Å². The Labute approximate surface area is 152 Å². The zero-order chi connectivity index (χ0) is 18.7. The summed E-state index contributed by atoms with van der Waals surface area (Å²) in [6.07, 6.45) is 5.39. The lowest BCUT2D eigenvalue weighted by Crippen LogP contribution is -2.46. The Morgan fingerprint density at radius 2 is 2.12 bits per heavy atom. The lowest BCUT2D eigenvalue weighted by molar-refractivity contribution is 0.0892. The van der Waals surface area contributed by atoms with Crippen molar-refractivity contribution in [3.05, 3.63) is 54.4 Å². The standard InChI is InChI=1S/C18H23N7O/c1-13-21-22-23-25(13)15-7-5-6-14(10-15)17(26)20-16(18(2,3)4)11-24-9-8-19-12-24/h5-10,12,16H,11H2,1-4H3,(H,20,26). The molecule has 0 radical (unpaired) electrons. The Kier molecular flexibility index (Phi) is 4.83. The van der Waals surface area contributed by atoms with Crippen molar-refractivity contribution in [3.63, 3.8) is 0 Å². The summed E-state index contributed by atoms with van der Waals surface area (Å²) in [6.45, 7) is 8.79. The van der Waals surface area contributed by atoms with Gasteiger partial charge in [0.25, 0.3) is 5.91 Å². The quantitative estimate of drug-likeness (QED) is 0.758. The van der Waals surface area contributed by atoms with Gasteiger partial charge in [-0.15, -0.1) is 5.10 Å². The van der Waals surface area contributed by atoms with Gasteiger partial charge in [-0.2, -0.15) is 4.68 Å². The molecule has 1 unspecified atom stereocenters. The van der Waals surface area contributed by atoms with Crippen LogP contribution >= 0.6 is 0 Å². The molecule has 0 aliphatic heterocycles. The Hall–Kier alpha value is -3.03. The van der Waals surface area contributed by atoms with Crippen LogP contribution in [0.3, 0.4) is 0 Å². The first kappa shape index (κ1) is 17.8. The maximum atomic E-state index is 12.8. The van der Waals surface area contributed by atoms with Gasteiger partial charge in [-0.3, -0.25) is 4.79 Å². The van der Waals surface area contributed by atoms with Crippen LogP contribution < -0.4 is 5.32 Å². The van der Waals surface area contributed by atoms with Crippen LogP contribution in [-0.2, 0) is 6.54 Å². The van der Waals surface area contributed by atoms with Gasteiger partial charge >= 0.3 is 0 Å². The second-order valence-corrected chi connectivity index (χ2v) is 7.34. The number of aryl methyl sites for hydroxylation is 1. The van der Waals surface area contributed by atoms with Gasteiger partial charge in [-0.05, 0) is 41.0 Å². The lowest BCUT2D eigenvalue weighted by Gasteiger charge is -2.31. The van der Waals surface area contributed by atoms with Gasteiger partial charge in [0.05, 0.1) is 18.1 Å². The molecule has 2 heterocycles. The molecule has 0 spiro atoms. The fraction of sp³-hybridized carbons (Fsp3) is 0.389. The molecule has 2 aromatic heterocycles. The number of hydrogen-bond donors (Lipinski definition) is 1. The lowest BCUT2D eigenvalue weighted by atomic mass is 9.86. The van der Waals surface area contributed by atoms with E-state index < -0.39 is 0 Å². The smallest absolute Gasteiger partial charge is 0.251 e. The van der Waals surface area contributed by atoms with Crippen LogP contribution in [-0.4, -0.2) is 41.7 Å². The van der Waals surface area contributed by atoms with E-state index in [-0.39, 0.29) is 17.4 Å². The van der Waals surface area contributed by atoms with Crippen LogP contribution in [0, 0.1) is 12.3 Å². The zero-order valence-corrected chi connectivity index (χ0v) is 15.4. The molecule has 0 saturated carbocycles. The SMILES string of the molecule is Cc1nnnn1-c1cccc(C(=O)NC(Cn2ccnc2)C(C)(C)C)c1. The number of carbonyl (C=O) groups is 1. The van der Waals surface area contributed by atoms with Crippen LogP contribution in [0.25, 0.3) is 5.69 Å². The van der Waals surface area contributed by atoms with Crippen molar-refractivity contribution in [2.45, 2.75) is 40.3 Å². The number of nitrogens with one attached hydrogen (secondary N) is 1. The minimum atomic E-state index is -0.127. The Morgan fingerprint density at radius 1 is 1.31 bits per heavy atom. The van der Waals surface area contributed by atoms with Crippen molar-refractivity contribution >= 4 is 5.91 Å². The highest BCUT2D eigenvalue weighted by Crippen LogP contribution is 2.21. The highest BCUT2D eigenvalue weighted by atomic mass is 16.1. The molecule has 3 rings (SSSR count). The third-order valence-corrected chi connectivity index (χ3v) is 4.28. The molecule has 1 atom stereocenters. The molecular weight excluding hydrogens is 330 g/mol. The molecule has 1 aromatic carbocycles. The van der Waals surface area contributed by atoms with E-state index in [4.69, 9.17) is 0 Å². The van der Waals surface area contributed by atoms with E-state index in [1.54, 1.807) is 29.3 Å². The van der Waals surface area contributed by atoms with Crippen LogP contribution in [0.15, 0.2) is 43.0 Å². The van der Waals surface area contributed by atoms with E-state index in [0.29, 0.717) is 17.9 Å². The van der Waals surface area contributed by atoms with Gasteiger partial charge in [-0.25, -0.2) is 4.98 Å². The highest BCUT2D eigenvalue weighted by molar-refractivity contribution is 5.95. The van der Waals surface area contributed by atoms with E-state index in [1.807, 2.05) is 29.8 Å². The van der Waals surface area contributed by atoms with E-state index in [9.17, 15) is 4.79 Å². The predicted molar refractivity (Wildman–Crippen MR) is 96.8 cm³/mol. The van der Waals surface area contributed by atoms with Crippen molar-refractivity contribution in [1.29, 1.82) is 0 Å². The summed E-state index contributed by atoms with van der Waals surface area (Å²) in [4.78, 5) is 16.9. The second-order valence-electron chi connectivity index (χ2n) is 7.34. The maximum absolute atomic E-state index is 12.8. The third kappa shape index (κ3) is 3.96. The van der Waals surface area contributed by atoms with Gasteiger partial charge in [0.15, 0.2) is 5.82 Å². The topological polar surface area (TPSA) is 90.5 Å². The summed E-state index contributed by atoms with van der Waals surface area (Å²) in [6, 6.07) is 7.22. The molecule has 0 bridgehead atoms. The number of nitrogens with zero attached hydrogens (tertiary/aromatic N) is 6. The number of carbonyl (C=O) groups excluding carboxylic acids is 1. The number of amides is 1. The van der Waals surface area contributed by atoms with Gasteiger partial charge in [0.2, 0.25) is 0 Å². The summed E-state index contributed by atoms with van der Waals surface area (Å²) in [5, 5.41) is 14.6.